The van der Waals surface area contributed by atoms with E-state index in [-0.39, 0.29) is 11.5 Å². The second-order valence-corrected chi connectivity index (χ2v) is 7.20. The lowest BCUT2D eigenvalue weighted by molar-refractivity contribution is 0.220. The van der Waals surface area contributed by atoms with Gasteiger partial charge in [0.2, 0.25) is 0 Å². The number of aliphatic hydroxyl groups is 1. The fourth-order valence-corrected chi connectivity index (χ4v) is 3.70. The second-order valence-electron chi connectivity index (χ2n) is 7.20. The summed E-state index contributed by atoms with van der Waals surface area (Å²) >= 11 is 0. The van der Waals surface area contributed by atoms with Gasteiger partial charge in [-0.2, -0.15) is 0 Å². The Morgan fingerprint density at radius 2 is 1.50 bits per heavy atom. The molecule has 2 N–H and O–H groups in total. The molecule has 0 heterocycles. The van der Waals surface area contributed by atoms with Crippen molar-refractivity contribution in [2.24, 2.45) is 0 Å². The molecule has 0 amide bonds. The maximum atomic E-state index is 9.90. The fourth-order valence-electron chi connectivity index (χ4n) is 3.70. The number of benzene rings is 2. The first kappa shape index (κ1) is 20.3. The van der Waals surface area contributed by atoms with E-state index in [9.17, 15) is 10.2 Å². The van der Waals surface area contributed by atoms with Crippen LogP contribution in [0.1, 0.15) is 67.9 Å². The third-order valence-corrected chi connectivity index (χ3v) is 5.70. The highest BCUT2D eigenvalue weighted by Gasteiger charge is 2.31. The molecule has 1 atom stereocenters. The summed E-state index contributed by atoms with van der Waals surface area (Å²) in [5.41, 5.74) is 5.76. The summed E-state index contributed by atoms with van der Waals surface area (Å²) in [6.07, 6.45) is 6.20. The van der Waals surface area contributed by atoms with Gasteiger partial charge < -0.3 is 10.2 Å². The van der Waals surface area contributed by atoms with E-state index in [0.717, 1.165) is 30.4 Å². The van der Waals surface area contributed by atoms with Gasteiger partial charge in [0.15, 0.2) is 0 Å². The topological polar surface area (TPSA) is 40.5 Å². The third kappa shape index (κ3) is 4.02. The molecule has 2 rings (SSSR count). The molecule has 0 aliphatic carbocycles. The molecule has 0 spiro atoms. The monoisotopic (exact) mass is 352 g/mol. The van der Waals surface area contributed by atoms with Crippen molar-refractivity contribution in [1.82, 2.24) is 0 Å². The SMILES string of the molecule is CCC(O)/C=C/c1ccc(C(CC)(CC)c2ccc(O)c(C)c2)cc1C. The number of phenolic OH excluding ortho intramolecular Hbond substituents is 1. The molecule has 0 radical (unpaired) electrons. The minimum absolute atomic E-state index is 0.0611. The van der Waals surface area contributed by atoms with Crippen LogP contribution in [0, 0.1) is 13.8 Å². The standard InChI is InChI=1S/C24H32O2/c1-6-22(25)13-10-19-9-11-20(15-17(19)4)24(7-2,8-3)21-12-14-23(26)18(5)16-21/h9-16,22,25-26H,6-8H2,1-5H3/b13-10+. The summed E-state index contributed by atoms with van der Waals surface area (Å²) in [4.78, 5) is 0. The van der Waals surface area contributed by atoms with Crippen LogP contribution in [0.4, 0.5) is 0 Å². The lowest BCUT2D eigenvalue weighted by Crippen LogP contribution is -2.26. The van der Waals surface area contributed by atoms with Gasteiger partial charge in [0.25, 0.3) is 0 Å². The van der Waals surface area contributed by atoms with Crippen molar-refractivity contribution >= 4 is 6.08 Å². The van der Waals surface area contributed by atoms with Crippen LogP contribution in [0.15, 0.2) is 42.5 Å². The van der Waals surface area contributed by atoms with Crippen molar-refractivity contribution in [1.29, 1.82) is 0 Å². The molecular weight excluding hydrogens is 320 g/mol. The molecule has 0 saturated carbocycles. The Bertz CT molecular complexity index is 770. The van der Waals surface area contributed by atoms with Crippen LogP contribution in [0.2, 0.25) is 0 Å². The number of phenols is 1. The molecule has 0 saturated heterocycles. The molecule has 2 nitrogen and oxygen atoms in total. The van der Waals surface area contributed by atoms with Gasteiger partial charge in [0.05, 0.1) is 6.10 Å². The Labute approximate surface area is 158 Å². The number of aliphatic hydroxyl groups excluding tert-OH is 1. The Balaban J connectivity index is 2.49. The zero-order valence-electron chi connectivity index (χ0n) is 16.7. The van der Waals surface area contributed by atoms with Crippen LogP contribution in [-0.4, -0.2) is 16.3 Å². The van der Waals surface area contributed by atoms with Gasteiger partial charge in [-0.05, 0) is 67.0 Å². The van der Waals surface area contributed by atoms with Crippen molar-refractivity contribution in [2.75, 3.05) is 0 Å². The molecule has 140 valence electrons. The minimum Gasteiger partial charge on any atom is -0.508 e. The predicted octanol–water partition coefficient (Wildman–Crippen LogP) is 5.90. The molecule has 26 heavy (non-hydrogen) atoms. The van der Waals surface area contributed by atoms with E-state index < -0.39 is 0 Å². The number of aryl methyl sites for hydroxylation is 2. The molecule has 0 aliphatic rings. The van der Waals surface area contributed by atoms with Gasteiger partial charge in [-0.15, -0.1) is 0 Å². The number of hydrogen-bond donors (Lipinski definition) is 2. The molecular formula is C24H32O2. The Morgan fingerprint density at radius 3 is 2.00 bits per heavy atom. The summed E-state index contributed by atoms with van der Waals surface area (Å²) in [5, 5.41) is 19.7. The molecule has 2 heteroatoms. The van der Waals surface area contributed by atoms with Gasteiger partial charge in [0, 0.05) is 5.41 Å². The molecule has 2 aromatic carbocycles. The van der Waals surface area contributed by atoms with Crippen LogP contribution in [-0.2, 0) is 5.41 Å². The third-order valence-electron chi connectivity index (χ3n) is 5.70. The van der Waals surface area contributed by atoms with Gasteiger partial charge in [-0.25, -0.2) is 0 Å². The summed E-state index contributed by atoms with van der Waals surface area (Å²) in [7, 11) is 0. The maximum Gasteiger partial charge on any atom is 0.118 e. The highest BCUT2D eigenvalue weighted by atomic mass is 16.3. The first-order valence-corrected chi connectivity index (χ1v) is 9.65. The van der Waals surface area contributed by atoms with E-state index in [4.69, 9.17) is 0 Å². The van der Waals surface area contributed by atoms with Crippen LogP contribution in [0.5, 0.6) is 5.75 Å². The Morgan fingerprint density at radius 1 is 0.923 bits per heavy atom. The molecule has 0 aliphatic heterocycles. The lowest BCUT2D eigenvalue weighted by Gasteiger charge is -2.34. The Kier molecular flexibility index (Phi) is 6.66. The summed E-state index contributed by atoms with van der Waals surface area (Å²) < 4.78 is 0. The molecule has 0 bridgehead atoms. The smallest absolute Gasteiger partial charge is 0.118 e. The van der Waals surface area contributed by atoms with E-state index in [1.807, 2.05) is 26.0 Å². The average Bonchev–Trinajstić information content (AvgIpc) is 2.65. The zero-order chi connectivity index (χ0) is 19.3. The number of rotatable bonds is 7. The van der Waals surface area contributed by atoms with E-state index in [0.29, 0.717) is 5.75 Å². The summed E-state index contributed by atoms with van der Waals surface area (Å²) in [5.74, 6) is 0.348. The molecule has 2 aromatic rings. The second kappa shape index (κ2) is 8.55. The summed E-state index contributed by atoms with van der Waals surface area (Å²) in [6, 6.07) is 12.6. The predicted molar refractivity (Wildman–Crippen MR) is 111 cm³/mol. The maximum absolute atomic E-state index is 9.90. The molecule has 0 fully saturated rings. The fraction of sp³-hybridized carbons (Fsp3) is 0.417. The van der Waals surface area contributed by atoms with E-state index in [1.54, 1.807) is 6.07 Å². The Hall–Kier alpha value is -2.06. The normalized spacial score (nSPS) is 13.3. The van der Waals surface area contributed by atoms with Crippen molar-refractivity contribution in [3.63, 3.8) is 0 Å². The first-order chi connectivity index (χ1) is 12.4. The van der Waals surface area contributed by atoms with Crippen LogP contribution in [0.25, 0.3) is 6.08 Å². The lowest BCUT2D eigenvalue weighted by atomic mass is 9.70. The number of aromatic hydroxyl groups is 1. The zero-order valence-corrected chi connectivity index (χ0v) is 16.7. The number of hydrogen-bond acceptors (Lipinski definition) is 2. The largest absolute Gasteiger partial charge is 0.508 e. The highest BCUT2D eigenvalue weighted by Crippen LogP contribution is 2.40. The highest BCUT2D eigenvalue weighted by molar-refractivity contribution is 5.56. The van der Waals surface area contributed by atoms with Crippen LogP contribution >= 0.6 is 0 Å². The van der Waals surface area contributed by atoms with E-state index in [1.165, 1.54) is 16.7 Å². The van der Waals surface area contributed by atoms with Crippen molar-refractivity contribution in [2.45, 2.75) is 65.4 Å². The first-order valence-electron chi connectivity index (χ1n) is 9.65. The van der Waals surface area contributed by atoms with Gasteiger partial charge in [-0.3, -0.25) is 0 Å². The van der Waals surface area contributed by atoms with Gasteiger partial charge in [0.1, 0.15) is 5.75 Å². The minimum atomic E-state index is -0.389. The van der Waals surface area contributed by atoms with E-state index in [2.05, 4.69) is 51.1 Å². The molecule has 1 unspecified atom stereocenters. The van der Waals surface area contributed by atoms with Crippen molar-refractivity contribution in [3.05, 3.63) is 70.3 Å². The van der Waals surface area contributed by atoms with Crippen LogP contribution < -0.4 is 0 Å². The van der Waals surface area contributed by atoms with Crippen molar-refractivity contribution < 1.29 is 10.2 Å². The van der Waals surface area contributed by atoms with Gasteiger partial charge in [-0.1, -0.05) is 63.3 Å². The quantitative estimate of drug-likeness (QED) is 0.651. The molecule has 0 aromatic heterocycles. The van der Waals surface area contributed by atoms with E-state index >= 15 is 0 Å². The van der Waals surface area contributed by atoms with Gasteiger partial charge >= 0.3 is 0 Å². The average molecular weight is 353 g/mol. The van der Waals surface area contributed by atoms with Crippen molar-refractivity contribution in [3.8, 4) is 5.75 Å². The van der Waals surface area contributed by atoms with Crippen LogP contribution in [0.3, 0.4) is 0 Å². The summed E-state index contributed by atoms with van der Waals surface area (Å²) in [6.45, 7) is 10.5.